The molecule has 362 valence electrons. The number of carbonyl (C=O) groups excluding carboxylic acids is 4. The predicted octanol–water partition coefficient (Wildman–Crippen LogP) is 9.33. The van der Waals surface area contributed by atoms with Crippen molar-refractivity contribution in [1.29, 1.82) is 0 Å². The summed E-state index contributed by atoms with van der Waals surface area (Å²) in [5.74, 6) is -0.409. The zero-order chi connectivity index (χ0) is 48.4. The van der Waals surface area contributed by atoms with Crippen molar-refractivity contribution in [3.8, 4) is 39.5 Å². The number of alkyl carbamates (subject to hydrolysis) is 2. The van der Waals surface area contributed by atoms with Gasteiger partial charge in [-0.2, -0.15) is 0 Å². The Morgan fingerprint density at radius 3 is 1.87 bits per heavy atom. The highest BCUT2D eigenvalue weighted by atomic mass is 32.1. The van der Waals surface area contributed by atoms with Gasteiger partial charge < -0.3 is 44.6 Å². The van der Waals surface area contributed by atoms with E-state index in [-0.39, 0.29) is 52.1 Å². The van der Waals surface area contributed by atoms with Crippen LogP contribution in [-0.4, -0.2) is 97.7 Å². The van der Waals surface area contributed by atoms with E-state index >= 15 is 8.78 Å². The summed E-state index contributed by atoms with van der Waals surface area (Å²) >= 11 is 1.61. The lowest BCUT2D eigenvalue weighted by Gasteiger charge is -2.30. The number of H-pyrrole nitrogens is 2. The minimum absolute atomic E-state index is 0.00873. The first-order valence-corrected chi connectivity index (χ1v) is 24.4. The van der Waals surface area contributed by atoms with Crippen LogP contribution < -0.4 is 15.4 Å². The lowest BCUT2D eigenvalue weighted by atomic mass is 10.0. The van der Waals surface area contributed by atoms with Crippen LogP contribution in [0.2, 0.25) is 0 Å². The summed E-state index contributed by atoms with van der Waals surface area (Å²) in [4.78, 5) is 73.5. The van der Waals surface area contributed by atoms with Gasteiger partial charge in [0.2, 0.25) is 18.0 Å². The van der Waals surface area contributed by atoms with Crippen molar-refractivity contribution in [3.63, 3.8) is 0 Å². The third kappa shape index (κ3) is 8.37. The van der Waals surface area contributed by atoms with E-state index in [9.17, 15) is 19.2 Å². The summed E-state index contributed by atoms with van der Waals surface area (Å²) < 4.78 is 52.4. The summed E-state index contributed by atoms with van der Waals surface area (Å²) in [5.41, 5.74) is 2.75. The number of methoxy groups -OCH3 is 2. The van der Waals surface area contributed by atoms with Gasteiger partial charge in [-0.05, 0) is 92.7 Å². The van der Waals surface area contributed by atoms with Crippen molar-refractivity contribution in [3.05, 3.63) is 87.9 Å². The zero-order valence-corrected chi connectivity index (χ0v) is 40.0. The molecule has 4 aliphatic rings. The van der Waals surface area contributed by atoms with Gasteiger partial charge in [0.15, 0.2) is 5.82 Å². The molecule has 4 amide bonds. The van der Waals surface area contributed by atoms with E-state index in [0.717, 1.165) is 30.6 Å². The molecule has 0 bridgehead atoms. The number of imidazole rings is 2. The van der Waals surface area contributed by atoms with Gasteiger partial charge in [-0.15, -0.1) is 11.3 Å². The average Bonchev–Trinajstić information content (AvgIpc) is 4.05. The Morgan fingerprint density at radius 2 is 1.32 bits per heavy atom. The number of aromatic nitrogens is 5. The standard InChI is InChI=1S/C50H55F2N9O7S/c1-24(2)41(57-49(64)66-5)46(62)59-17-7-9-34(59)44-53-22-31(55-44)27-13-14-33-29(19-27)40(52)43-39-30(51)20-28(21-36(39)68-48(61(33)43)38-16-15-37(69-38)26-11-12-26)32-23-54-45(56-32)35-10-8-18-60(35)47(63)42(25(3)4)58-50(65)67-6/h13-16,19-26,34-35,41-42,48H,7-12,17-18H2,1-6H3,(H,53,55)(H,54,56)(H,57,64)(H,58,65). The second-order valence-electron chi connectivity index (χ2n) is 19.0. The van der Waals surface area contributed by atoms with Gasteiger partial charge in [0.1, 0.15) is 35.3 Å². The van der Waals surface area contributed by atoms with Crippen LogP contribution in [0, 0.1) is 23.5 Å². The molecular formula is C50H55F2N9O7S. The number of ether oxygens (including phenoxy) is 3. The number of amides is 4. The van der Waals surface area contributed by atoms with Gasteiger partial charge in [0.25, 0.3) is 0 Å². The second kappa shape index (κ2) is 18.3. The van der Waals surface area contributed by atoms with Crippen LogP contribution in [0.1, 0.15) is 112 Å². The van der Waals surface area contributed by atoms with E-state index in [1.165, 1.54) is 25.2 Å². The predicted molar refractivity (Wildman–Crippen MR) is 253 cm³/mol. The molecule has 16 nitrogen and oxygen atoms in total. The molecular weight excluding hydrogens is 909 g/mol. The number of thiophene rings is 1. The number of fused-ring (bicyclic) bond motifs is 5. The van der Waals surface area contributed by atoms with Crippen LogP contribution in [0.3, 0.4) is 0 Å². The number of carbonyl (C=O) groups is 4. The number of aromatic amines is 2. The molecule has 2 saturated heterocycles. The van der Waals surface area contributed by atoms with Gasteiger partial charge in [0, 0.05) is 34.5 Å². The van der Waals surface area contributed by atoms with Crippen LogP contribution >= 0.6 is 11.3 Å². The van der Waals surface area contributed by atoms with E-state index in [4.69, 9.17) is 19.2 Å². The molecule has 6 aromatic rings. The number of nitrogens with zero attached hydrogens (tertiary/aromatic N) is 5. The second-order valence-corrected chi connectivity index (χ2v) is 20.2. The van der Waals surface area contributed by atoms with Crippen LogP contribution in [0.5, 0.6) is 5.75 Å². The zero-order valence-electron chi connectivity index (χ0n) is 39.2. The Bertz CT molecular complexity index is 2970. The molecule has 4 N–H and O–H groups in total. The maximum Gasteiger partial charge on any atom is 0.407 e. The molecule has 19 heteroatoms. The normalized spacial score (nSPS) is 19.7. The van der Waals surface area contributed by atoms with Crippen molar-refractivity contribution < 1.29 is 42.2 Å². The Labute approximate surface area is 401 Å². The van der Waals surface area contributed by atoms with Crippen molar-refractivity contribution in [2.75, 3.05) is 27.3 Å². The summed E-state index contributed by atoms with van der Waals surface area (Å²) in [5, 5.41) is 5.61. The molecule has 10 rings (SSSR count). The number of nitrogens with one attached hydrogen (secondary N) is 4. The number of benzene rings is 2. The van der Waals surface area contributed by atoms with E-state index in [0.29, 0.717) is 71.5 Å². The van der Waals surface area contributed by atoms with Crippen molar-refractivity contribution in [1.82, 2.24) is 44.9 Å². The van der Waals surface area contributed by atoms with Gasteiger partial charge in [0.05, 0.1) is 71.7 Å². The van der Waals surface area contributed by atoms with Crippen LogP contribution in [-0.2, 0) is 19.1 Å². The Kier molecular flexibility index (Phi) is 12.2. The number of rotatable bonds is 12. The summed E-state index contributed by atoms with van der Waals surface area (Å²) in [6.45, 7) is 8.40. The first-order chi connectivity index (χ1) is 33.2. The average molecular weight is 964 g/mol. The molecule has 5 unspecified atom stereocenters. The maximum absolute atomic E-state index is 17.4. The fourth-order valence-electron chi connectivity index (χ4n) is 10.1. The topological polar surface area (TPSA) is 189 Å². The lowest BCUT2D eigenvalue weighted by Crippen LogP contribution is -2.51. The maximum atomic E-state index is 17.4. The number of halogens is 2. The minimum atomic E-state index is -0.812. The Balaban J connectivity index is 0.981. The SMILES string of the molecule is COC(=O)NC(C(=O)N1CCCC1c1ncc(-c2cc(F)c3c(c2)OC(c2ccc(C4CC4)s2)n2c-3c(F)c3cc(-c4cnc(C5CCCN5C(=O)C(NC(=O)OC)C(C)C)[nH]4)ccc32)[nH]1)C(C)C. The van der Waals surface area contributed by atoms with Crippen LogP contribution in [0.15, 0.2) is 54.9 Å². The van der Waals surface area contributed by atoms with Crippen molar-refractivity contribution in [2.24, 2.45) is 11.8 Å². The Morgan fingerprint density at radius 1 is 0.754 bits per heavy atom. The molecule has 3 fully saturated rings. The van der Waals surface area contributed by atoms with E-state index in [1.54, 1.807) is 50.2 Å². The minimum Gasteiger partial charge on any atom is -0.464 e. The smallest absolute Gasteiger partial charge is 0.407 e. The van der Waals surface area contributed by atoms with Gasteiger partial charge >= 0.3 is 12.2 Å². The quantitative estimate of drug-likeness (QED) is 0.0927. The highest BCUT2D eigenvalue weighted by molar-refractivity contribution is 7.12. The molecule has 4 aromatic heterocycles. The number of likely N-dealkylation sites (tertiary alicyclic amines) is 2. The van der Waals surface area contributed by atoms with Crippen LogP contribution in [0.25, 0.3) is 44.7 Å². The molecule has 2 aromatic carbocycles. The first-order valence-electron chi connectivity index (χ1n) is 23.6. The number of hydrogen-bond acceptors (Lipinski definition) is 10. The lowest BCUT2D eigenvalue weighted by molar-refractivity contribution is -0.136. The molecule has 69 heavy (non-hydrogen) atoms. The van der Waals surface area contributed by atoms with Gasteiger partial charge in [-0.1, -0.05) is 33.8 Å². The van der Waals surface area contributed by atoms with Crippen molar-refractivity contribution in [2.45, 2.75) is 103 Å². The third-order valence-electron chi connectivity index (χ3n) is 13.9. The molecule has 5 atom stereocenters. The highest BCUT2D eigenvalue weighted by Crippen LogP contribution is 2.51. The van der Waals surface area contributed by atoms with E-state index in [2.05, 4.69) is 31.7 Å². The van der Waals surface area contributed by atoms with E-state index < -0.39 is 48.2 Å². The molecule has 3 aliphatic heterocycles. The Hall–Kier alpha value is -6.76. The molecule has 0 radical (unpaired) electrons. The monoisotopic (exact) mass is 963 g/mol. The molecule has 1 aliphatic carbocycles. The fourth-order valence-corrected chi connectivity index (χ4v) is 11.3. The summed E-state index contributed by atoms with van der Waals surface area (Å²) in [7, 11) is 2.51. The summed E-state index contributed by atoms with van der Waals surface area (Å²) in [6, 6.07) is 10.2. The third-order valence-corrected chi connectivity index (χ3v) is 15.2. The highest BCUT2D eigenvalue weighted by Gasteiger charge is 2.41. The van der Waals surface area contributed by atoms with E-state index in [1.807, 2.05) is 45.9 Å². The van der Waals surface area contributed by atoms with Gasteiger partial charge in [-0.3, -0.25) is 14.2 Å². The molecule has 7 heterocycles. The largest absolute Gasteiger partial charge is 0.464 e. The van der Waals surface area contributed by atoms with Crippen LogP contribution in [0.4, 0.5) is 18.4 Å². The van der Waals surface area contributed by atoms with Crippen molar-refractivity contribution >= 4 is 46.2 Å². The fraction of sp³-hybridized carbons (Fsp3) is 0.440. The summed E-state index contributed by atoms with van der Waals surface area (Å²) in [6.07, 6.45) is 6.07. The number of hydrogen-bond donors (Lipinski definition) is 4. The molecule has 1 saturated carbocycles. The molecule has 0 spiro atoms. The first kappa shape index (κ1) is 46.0. The van der Waals surface area contributed by atoms with Gasteiger partial charge in [-0.25, -0.2) is 28.3 Å².